The van der Waals surface area contributed by atoms with E-state index in [4.69, 9.17) is 14.6 Å². The molecule has 0 heterocycles. The molecule has 0 atom stereocenters. The van der Waals surface area contributed by atoms with Gasteiger partial charge in [0.1, 0.15) is 0 Å². The lowest BCUT2D eigenvalue weighted by atomic mass is 9.82. The van der Waals surface area contributed by atoms with Gasteiger partial charge in [0, 0.05) is 12.5 Å². The Morgan fingerprint density at radius 2 is 1.67 bits per heavy atom. The highest BCUT2D eigenvalue weighted by Gasteiger charge is 2.33. The number of rotatable bonds is 11. The van der Waals surface area contributed by atoms with Crippen LogP contribution in [-0.2, 0) is 19.5 Å². The largest absolute Gasteiger partial charge is 0.382 e. The van der Waals surface area contributed by atoms with Crippen molar-refractivity contribution < 1.29 is 17.9 Å². The Labute approximate surface area is 111 Å². The van der Waals surface area contributed by atoms with Gasteiger partial charge in [-0.05, 0) is 12.8 Å². The van der Waals surface area contributed by atoms with Gasteiger partial charge in [0.05, 0.1) is 25.6 Å². The average Bonchev–Trinajstić information content (AvgIpc) is 2.23. The Hall–Kier alpha value is -0.170. The third-order valence-electron chi connectivity index (χ3n) is 2.91. The maximum atomic E-state index is 11.4. The maximum Gasteiger partial charge on any atom is 0.209 e. The molecule has 18 heavy (non-hydrogen) atoms. The van der Waals surface area contributed by atoms with Crippen LogP contribution in [0.2, 0.25) is 0 Å². The predicted molar refractivity (Wildman–Crippen MR) is 72.9 cm³/mol. The molecule has 0 aromatic rings. The Morgan fingerprint density at radius 3 is 2.06 bits per heavy atom. The number of methoxy groups -OCH3 is 1. The fourth-order valence-corrected chi connectivity index (χ4v) is 3.60. The lowest BCUT2D eigenvalue weighted by Crippen LogP contribution is -2.38. The van der Waals surface area contributed by atoms with Crippen LogP contribution in [0.3, 0.4) is 0 Å². The number of primary sulfonamides is 1. The van der Waals surface area contributed by atoms with Crippen molar-refractivity contribution in [3.05, 3.63) is 0 Å². The molecular formula is C12H27NO4S. The summed E-state index contributed by atoms with van der Waals surface area (Å²) in [5, 5.41) is 5.20. The lowest BCUT2D eigenvalue weighted by Gasteiger charge is -2.32. The molecule has 0 saturated heterocycles. The van der Waals surface area contributed by atoms with Crippen LogP contribution in [0.25, 0.3) is 0 Å². The third kappa shape index (κ3) is 8.02. The van der Waals surface area contributed by atoms with E-state index in [9.17, 15) is 8.42 Å². The number of nitrogens with two attached hydrogens (primary N) is 1. The van der Waals surface area contributed by atoms with Crippen molar-refractivity contribution in [3.63, 3.8) is 0 Å². The Bertz CT molecular complexity index is 297. The zero-order valence-corrected chi connectivity index (χ0v) is 12.6. The Kier molecular flexibility index (Phi) is 8.77. The van der Waals surface area contributed by atoms with Crippen LogP contribution < -0.4 is 5.14 Å². The summed E-state index contributed by atoms with van der Waals surface area (Å²) in [6.45, 7) is 5.51. The number of ether oxygens (including phenoxy) is 2. The van der Waals surface area contributed by atoms with Crippen molar-refractivity contribution in [3.8, 4) is 0 Å². The fraction of sp³-hybridized carbons (Fsp3) is 1.00. The molecule has 0 unspecified atom stereocenters. The van der Waals surface area contributed by atoms with E-state index < -0.39 is 10.0 Å². The van der Waals surface area contributed by atoms with E-state index >= 15 is 0 Å². The van der Waals surface area contributed by atoms with Crippen LogP contribution in [0.15, 0.2) is 0 Å². The summed E-state index contributed by atoms with van der Waals surface area (Å²) in [6, 6.07) is 0. The molecule has 0 aliphatic rings. The van der Waals surface area contributed by atoms with Gasteiger partial charge in [-0.15, -0.1) is 0 Å². The Balaban J connectivity index is 4.62. The van der Waals surface area contributed by atoms with Gasteiger partial charge in [-0.2, -0.15) is 0 Å². The van der Waals surface area contributed by atoms with E-state index in [1.807, 2.05) is 13.8 Å². The molecule has 2 N–H and O–H groups in total. The highest BCUT2D eigenvalue weighted by atomic mass is 32.2. The molecule has 0 aromatic heterocycles. The second kappa shape index (κ2) is 8.85. The molecule has 0 radical (unpaired) electrons. The monoisotopic (exact) mass is 281 g/mol. The van der Waals surface area contributed by atoms with Gasteiger partial charge in [-0.3, -0.25) is 0 Å². The number of hydrogen-bond donors (Lipinski definition) is 1. The van der Waals surface area contributed by atoms with Crippen LogP contribution in [-0.4, -0.2) is 41.1 Å². The Morgan fingerprint density at radius 1 is 1.11 bits per heavy atom. The van der Waals surface area contributed by atoms with Crippen LogP contribution in [0, 0.1) is 5.41 Å². The minimum absolute atomic E-state index is 0.00530. The zero-order chi connectivity index (χ0) is 14.1. The maximum absolute atomic E-state index is 11.4. The highest BCUT2D eigenvalue weighted by molar-refractivity contribution is 7.89. The van der Waals surface area contributed by atoms with Crippen molar-refractivity contribution in [2.75, 3.05) is 32.7 Å². The van der Waals surface area contributed by atoms with Crippen LogP contribution >= 0.6 is 0 Å². The van der Waals surface area contributed by atoms with Gasteiger partial charge in [0.25, 0.3) is 0 Å². The van der Waals surface area contributed by atoms with Gasteiger partial charge in [-0.25, -0.2) is 13.6 Å². The first-order valence-corrected chi connectivity index (χ1v) is 8.18. The van der Waals surface area contributed by atoms with E-state index in [0.717, 1.165) is 25.7 Å². The van der Waals surface area contributed by atoms with E-state index in [-0.39, 0.29) is 11.2 Å². The van der Waals surface area contributed by atoms with Crippen LogP contribution in [0.4, 0.5) is 0 Å². The number of hydrogen-bond acceptors (Lipinski definition) is 4. The molecular weight excluding hydrogens is 254 g/mol. The SMILES string of the molecule is CCCC(CCC)(COCCOC)CS(N)(=O)=O. The lowest BCUT2D eigenvalue weighted by molar-refractivity contribution is 0.0157. The molecule has 0 saturated carbocycles. The summed E-state index contributed by atoms with van der Waals surface area (Å²) in [5.74, 6) is -0.00530. The first-order chi connectivity index (χ1) is 8.39. The van der Waals surface area contributed by atoms with Crippen molar-refractivity contribution in [1.82, 2.24) is 0 Å². The normalized spacial score (nSPS) is 12.9. The molecule has 110 valence electrons. The predicted octanol–water partition coefficient (Wildman–Crippen LogP) is 1.52. The quantitative estimate of drug-likeness (QED) is 0.582. The molecule has 0 aliphatic carbocycles. The van der Waals surface area contributed by atoms with Crippen molar-refractivity contribution in [1.29, 1.82) is 0 Å². The topological polar surface area (TPSA) is 78.6 Å². The van der Waals surface area contributed by atoms with E-state index in [2.05, 4.69) is 0 Å². The summed E-state index contributed by atoms with van der Waals surface area (Å²) in [4.78, 5) is 0. The van der Waals surface area contributed by atoms with Gasteiger partial charge in [0.2, 0.25) is 10.0 Å². The van der Waals surface area contributed by atoms with E-state index in [1.165, 1.54) is 0 Å². The first-order valence-electron chi connectivity index (χ1n) is 6.46. The van der Waals surface area contributed by atoms with Crippen LogP contribution in [0.1, 0.15) is 39.5 Å². The van der Waals surface area contributed by atoms with Gasteiger partial charge in [-0.1, -0.05) is 26.7 Å². The van der Waals surface area contributed by atoms with Crippen molar-refractivity contribution >= 4 is 10.0 Å². The summed E-state index contributed by atoms with van der Waals surface area (Å²) in [5.41, 5.74) is -0.356. The number of sulfonamides is 1. The standard InChI is InChI=1S/C12H27NO4S/c1-4-6-12(7-5-2,11-18(13,14)15)10-17-9-8-16-3/h4-11H2,1-3H3,(H2,13,14,15). The second-order valence-corrected chi connectivity index (χ2v) is 6.47. The molecule has 0 bridgehead atoms. The third-order valence-corrected chi connectivity index (χ3v) is 3.92. The molecule has 0 fully saturated rings. The summed E-state index contributed by atoms with van der Waals surface area (Å²) in [7, 11) is -1.87. The van der Waals surface area contributed by atoms with Gasteiger partial charge >= 0.3 is 0 Å². The summed E-state index contributed by atoms with van der Waals surface area (Å²) < 4.78 is 33.2. The highest BCUT2D eigenvalue weighted by Crippen LogP contribution is 2.31. The fourth-order valence-electron chi connectivity index (χ4n) is 2.37. The molecule has 0 spiro atoms. The van der Waals surface area contributed by atoms with E-state index in [0.29, 0.717) is 19.8 Å². The minimum atomic E-state index is -3.48. The van der Waals surface area contributed by atoms with Crippen LogP contribution in [0.5, 0.6) is 0 Å². The molecule has 5 nitrogen and oxygen atoms in total. The smallest absolute Gasteiger partial charge is 0.209 e. The van der Waals surface area contributed by atoms with E-state index in [1.54, 1.807) is 7.11 Å². The summed E-state index contributed by atoms with van der Waals surface area (Å²) in [6.07, 6.45) is 3.46. The average molecular weight is 281 g/mol. The molecule has 0 amide bonds. The molecule has 0 aromatic carbocycles. The second-order valence-electron chi connectivity index (χ2n) is 4.85. The zero-order valence-electron chi connectivity index (χ0n) is 11.8. The molecule has 0 aliphatic heterocycles. The van der Waals surface area contributed by atoms with Gasteiger partial charge < -0.3 is 9.47 Å². The van der Waals surface area contributed by atoms with Crippen molar-refractivity contribution in [2.45, 2.75) is 39.5 Å². The summed E-state index contributed by atoms with van der Waals surface area (Å²) >= 11 is 0. The molecule has 6 heteroatoms. The first kappa shape index (κ1) is 17.8. The minimum Gasteiger partial charge on any atom is -0.382 e. The van der Waals surface area contributed by atoms with Gasteiger partial charge in [0.15, 0.2) is 0 Å². The van der Waals surface area contributed by atoms with Crippen molar-refractivity contribution in [2.24, 2.45) is 10.6 Å². The molecule has 0 rings (SSSR count).